The number of halogens is 1. The minimum atomic E-state index is -0.682. The normalized spacial score (nSPS) is 13.3. The number of carbonyl (C=O) groups excluding carboxylic acids is 1. The number of aliphatic hydroxyl groups excluding tert-OH is 1. The number of aliphatic hydroxyl groups is 1. The molecule has 1 atom stereocenters. The van der Waals surface area contributed by atoms with Crippen molar-refractivity contribution in [3.63, 3.8) is 0 Å². The molecule has 2 aromatic carbocycles. The molecule has 34 heavy (non-hydrogen) atoms. The van der Waals surface area contributed by atoms with Crippen LogP contribution in [0.3, 0.4) is 0 Å². The van der Waals surface area contributed by atoms with Gasteiger partial charge in [-0.15, -0.1) is 0 Å². The van der Waals surface area contributed by atoms with E-state index in [1.54, 1.807) is 0 Å². The van der Waals surface area contributed by atoms with Gasteiger partial charge in [-0.1, -0.05) is 72.8 Å². The first-order chi connectivity index (χ1) is 16.4. The Balaban J connectivity index is 1.75. The Kier molecular flexibility index (Phi) is 8.97. The Morgan fingerprint density at radius 2 is 1.97 bits per heavy atom. The number of methoxy groups -OCH3 is 1. The second-order valence-corrected chi connectivity index (χ2v) is 8.20. The summed E-state index contributed by atoms with van der Waals surface area (Å²) < 4.78 is 4.85. The van der Waals surface area contributed by atoms with Gasteiger partial charge in [0.1, 0.15) is 0 Å². The highest BCUT2D eigenvalue weighted by atomic mass is 35.5. The molecule has 1 heterocycles. The summed E-state index contributed by atoms with van der Waals surface area (Å²) in [4.78, 5) is 16.7. The SMILES string of the molecule is C=C/C(C(=O)OC)=C(\C=C/C)CC[C@H](O)c1cccc(/C=C/c2ccc3ccc(Cl)cc3n2)c1. The van der Waals surface area contributed by atoms with Crippen molar-refractivity contribution in [3.05, 3.63) is 112 Å². The van der Waals surface area contributed by atoms with Gasteiger partial charge in [-0.2, -0.15) is 0 Å². The van der Waals surface area contributed by atoms with E-state index in [1.807, 2.05) is 85.8 Å². The molecule has 3 aromatic rings. The molecule has 1 aromatic heterocycles. The first-order valence-electron chi connectivity index (χ1n) is 11.0. The van der Waals surface area contributed by atoms with E-state index in [0.29, 0.717) is 23.4 Å². The first kappa shape index (κ1) is 25.2. The zero-order chi connectivity index (χ0) is 24.5. The molecule has 0 aliphatic heterocycles. The molecular formula is C29H28ClNO3. The number of carbonyl (C=O) groups is 1. The lowest BCUT2D eigenvalue weighted by molar-refractivity contribution is -0.135. The van der Waals surface area contributed by atoms with Gasteiger partial charge in [0.2, 0.25) is 0 Å². The molecule has 0 saturated heterocycles. The fourth-order valence-electron chi connectivity index (χ4n) is 3.67. The number of esters is 1. The molecule has 0 aliphatic rings. The third kappa shape index (κ3) is 6.53. The van der Waals surface area contributed by atoms with Gasteiger partial charge in [0, 0.05) is 10.4 Å². The molecule has 0 amide bonds. The van der Waals surface area contributed by atoms with Crippen LogP contribution in [0.5, 0.6) is 0 Å². The molecule has 0 bridgehead atoms. The minimum Gasteiger partial charge on any atom is -0.465 e. The Bertz CT molecular complexity index is 1270. The molecule has 0 unspecified atom stereocenters. The number of rotatable bonds is 9. The van der Waals surface area contributed by atoms with Gasteiger partial charge in [0.05, 0.1) is 30.0 Å². The first-order valence-corrected chi connectivity index (χ1v) is 11.4. The second kappa shape index (κ2) is 12.1. The highest BCUT2D eigenvalue weighted by Gasteiger charge is 2.14. The van der Waals surface area contributed by atoms with Crippen LogP contribution in [0.25, 0.3) is 23.1 Å². The quantitative estimate of drug-likeness (QED) is 0.204. The number of allylic oxidation sites excluding steroid dienone is 3. The van der Waals surface area contributed by atoms with Crippen LogP contribution in [-0.4, -0.2) is 23.2 Å². The Hall–Kier alpha value is -3.47. The van der Waals surface area contributed by atoms with Gasteiger partial charge in [-0.05, 0) is 66.8 Å². The fraction of sp³-hybridized carbons (Fsp3) is 0.172. The predicted octanol–water partition coefficient (Wildman–Crippen LogP) is 7.10. The molecule has 5 heteroatoms. The van der Waals surface area contributed by atoms with Crippen LogP contribution in [0.1, 0.15) is 42.7 Å². The summed E-state index contributed by atoms with van der Waals surface area (Å²) in [6.45, 7) is 5.60. The molecule has 0 radical (unpaired) electrons. The van der Waals surface area contributed by atoms with Crippen molar-refractivity contribution in [1.29, 1.82) is 0 Å². The summed E-state index contributed by atoms with van der Waals surface area (Å²) in [5.41, 5.74) is 4.61. The van der Waals surface area contributed by atoms with E-state index in [2.05, 4.69) is 11.6 Å². The van der Waals surface area contributed by atoms with Gasteiger partial charge in [-0.3, -0.25) is 0 Å². The number of fused-ring (bicyclic) bond motifs is 1. The number of pyridine rings is 1. The van der Waals surface area contributed by atoms with Crippen LogP contribution in [-0.2, 0) is 9.53 Å². The number of nitrogens with zero attached hydrogens (tertiary/aromatic N) is 1. The predicted molar refractivity (Wildman–Crippen MR) is 140 cm³/mol. The number of hydrogen-bond donors (Lipinski definition) is 1. The van der Waals surface area contributed by atoms with Crippen molar-refractivity contribution >= 4 is 40.6 Å². The highest BCUT2D eigenvalue weighted by molar-refractivity contribution is 6.31. The van der Waals surface area contributed by atoms with Gasteiger partial charge in [0.25, 0.3) is 0 Å². The molecule has 174 valence electrons. The largest absolute Gasteiger partial charge is 0.465 e. The zero-order valence-corrected chi connectivity index (χ0v) is 20.1. The Morgan fingerprint density at radius 3 is 2.71 bits per heavy atom. The molecule has 3 rings (SSSR count). The summed E-state index contributed by atoms with van der Waals surface area (Å²) >= 11 is 6.09. The molecule has 0 fully saturated rings. The van der Waals surface area contributed by atoms with E-state index in [-0.39, 0.29) is 0 Å². The number of aromatic nitrogens is 1. The average Bonchev–Trinajstić information content (AvgIpc) is 2.85. The van der Waals surface area contributed by atoms with Crippen LogP contribution in [0, 0.1) is 0 Å². The third-order valence-corrected chi connectivity index (χ3v) is 5.66. The average molecular weight is 474 g/mol. The van der Waals surface area contributed by atoms with Crippen molar-refractivity contribution < 1.29 is 14.6 Å². The molecule has 0 aliphatic carbocycles. The highest BCUT2D eigenvalue weighted by Crippen LogP contribution is 2.25. The van der Waals surface area contributed by atoms with Crippen LogP contribution in [0.2, 0.25) is 5.02 Å². The van der Waals surface area contributed by atoms with Gasteiger partial charge in [-0.25, -0.2) is 9.78 Å². The van der Waals surface area contributed by atoms with Gasteiger partial charge >= 0.3 is 5.97 Å². The van der Waals surface area contributed by atoms with Crippen molar-refractivity contribution in [1.82, 2.24) is 4.98 Å². The molecule has 4 nitrogen and oxygen atoms in total. The van der Waals surface area contributed by atoms with E-state index in [0.717, 1.165) is 33.3 Å². The second-order valence-electron chi connectivity index (χ2n) is 7.77. The molecular weight excluding hydrogens is 446 g/mol. The summed E-state index contributed by atoms with van der Waals surface area (Å²) in [5.74, 6) is -0.436. The minimum absolute atomic E-state index is 0.411. The van der Waals surface area contributed by atoms with Crippen LogP contribution < -0.4 is 0 Å². The van der Waals surface area contributed by atoms with Crippen LogP contribution in [0.4, 0.5) is 0 Å². The summed E-state index contributed by atoms with van der Waals surface area (Å²) in [5, 5.41) is 12.5. The van der Waals surface area contributed by atoms with Gasteiger partial charge < -0.3 is 9.84 Å². The van der Waals surface area contributed by atoms with Gasteiger partial charge in [0.15, 0.2) is 0 Å². The van der Waals surface area contributed by atoms with E-state index < -0.39 is 12.1 Å². The monoisotopic (exact) mass is 473 g/mol. The maximum absolute atomic E-state index is 12.0. The molecule has 1 N–H and O–H groups in total. The number of benzene rings is 2. The van der Waals surface area contributed by atoms with E-state index >= 15 is 0 Å². The lowest BCUT2D eigenvalue weighted by Gasteiger charge is -2.14. The van der Waals surface area contributed by atoms with E-state index in [9.17, 15) is 9.90 Å². The van der Waals surface area contributed by atoms with Crippen molar-refractivity contribution in [3.8, 4) is 0 Å². The number of ether oxygens (including phenoxy) is 1. The topological polar surface area (TPSA) is 59.4 Å². The van der Waals surface area contributed by atoms with E-state index in [4.69, 9.17) is 16.3 Å². The molecule has 0 saturated carbocycles. The number of hydrogen-bond acceptors (Lipinski definition) is 4. The van der Waals surface area contributed by atoms with Crippen molar-refractivity contribution in [2.45, 2.75) is 25.9 Å². The molecule has 0 spiro atoms. The smallest absolute Gasteiger partial charge is 0.338 e. The van der Waals surface area contributed by atoms with Crippen molar-refractivity contribution in [2.24, 2.45) is 0 Å². The third-order valence-electron chi connectivity index (χ3n) is 5.43. The summed E-state index contributed by atoms with van der Waals surface area (Å²) in [7, 11) is 1.34. The Morgan fingerprint density at radius 1 is 1.18 bits per heavy atom. The Labute approximate surface area is 205 Å². The fourth-order valence-corrected chi connectivity index (χ4v) is 3.84. The maximum atomic E-state index is 12.0. The standard InChI is InChI=1S/C29H28ClNO3/c1-4-7-21(26(5-2)29(33)34-3)13-17-28(32)23-9-6-8-20(18-23)10-15-25-16-12-22-11-14-24(30)19-27(22)31-25/h4-12,14-16,18-19,28,32H,2,13,17H2,1,3H3/b7-4-,15-10+,26-21-/t28-/m0/s1. The lowest BCUT2D eigenvalue weighted by atomic mass is 9.96. The zero-order valence-electron chi connectivity index (χ0n) is 19.4. The summed E-state index contributed by atoms with van der Waals surface area (Å²) in [6, 6.07) is 17.4. The van der Waals surface area contributed by atoms with Crippen molar-refractivity contribution in [2.75, 3.05) is 7.11 Å². The van der Waals surface area contributed by atoms with E-state index in [1.165, 1.54) is 13.2 Å². The lowest BCUT2D eigenvalue weighted by Crippen LogP contribution is -2.06. The maximum Gasteiger partial charge on any atom is 0.338 e. The van der Waals surface area contributed by atoms with Crippen LogP contribution in [0.15, 0.2) is 90.6 Å². The summed E-state index contributed by atoms with van der Waals surface area (Å²) in [6.07, 6.45) is 9.38. The van der Waals surface area contributed by atoms with Crippen LogP contribution >= 0.6 is 11.6 Å².